The number of rotatable bonds is 5. The van der Waals surface area contributed by atoms with Crippen LogP contribution in [0.3, 0.4) is 0 Å². The van der Waals surface area contributed by atoms with Gasteiger partial charge in [-0.2, -0.15) is 0 Å². The van der Waals surface area contributed by atoms with E-state index in [-0.39, 0.29) is 23.6 Å². The van der Waals surface area contributed by atoms with Gasteiger partial charge in [-0.25, -0.2) is 4.98 Å². The summed E-state index contributed by atoms with van der Waals surface area (Å²) < 4.78 is 49.0. The molecule has 192 valence electrons. The van der Waals surface area contributed by atoms with E-state index in [0.29, 0.717) is 71.9 Å². The normalized spacial score (nSPS) is 19.1. The molecule has 1 amide bonds. The highest BCUT2D eigenvalue weighted by molar-refractivity contribution is 6.42. The standard InChI is InChI=1S/C24H23Cl2F3N4O3/c25-18-11-20-21(12-19(18)26)33(16-1-3-17(4-2-16)36-24(27,28)29)23(31-20)32-8-5-14(6-9-32)22(34)30-15-7-10-35-13-15/h1-4,11-12,14-15H,5-10,13H2,(H,30,34)/t15-/m1/s1. The van der Waals surface area contributed by atoms with Crippen LogP contribution in [0, 0.1) is 5.92 Å². The smallest absolute Gasteiger partial charge is 0.406 e. The van der Waals surface area contributed by atoms with E-state index in [1.54, 1.807) is 12.1 Å². The first-order valence-electron chi connectivity index (χ1n) is 11.5. The summed E-state index contributed by atoms with van der Waals surface area (Å²) in [5.74, 6) is 0.202. The summed E-state index contributed by atoms with van der Waals surface area (Å²) in [7, 11) is 0. The van der Waals surface area contributed by atoms with Crippen molar-refractivity contribution in [3.8, 4) is 11.4 Å². The number of hydrogen-bond donors (Lipinski definition) is 1. The first-order chi connectivity index (χ1) is 17.2. The Balaban J connectivity index is 1.41. The lowest BCUT2D eigenvalue weighted by Crippen LogP contribution is -2.44. The van der Waals surface area contributed by atoms with Gasteiger partial charge in [-0.1, -0.05) is 23.2 Å². The Morgan fingerprint density at radius 1 is 1.08 bits per heavy atom. The van der Waals surface area contributed by atoms with Gasteiger partial charge < -0.3 is 19.7 Å². The molecule has 0 bridgehead atoms. The van der Waals surface area contributed by atoms with Crippen LogP contribution < -0.4 is 15.0 Å². The van der Waals surface area contributed by atoms with Gasteiger partial charge in [0, 0.05) is 31.3 Å². The fourth-order valence-corrected chi connectivity index (χ4v) is 4.95. The second-order valence-electron chi connectivity index (χ2n) is 8.87. The van der Waals surface area contributed by atoms with Crippen LogP contribution in [0.25, 0.3) is 16.7 Å². The minimum atomic E-state index is -4.78. The number of halogens is 5. The van der Waals surface area contributed by atoms with Crippen LogP contribution in [0.1, 0.15) is 19.3 Å². The lowest BCUT2D eigenvalue weighted by Gasteiger charge is -2.32. The molecular formula is C24H23Cl2F3N4O3. The SMILES string of the molecule is O=C(N[C@@H]1CCOC1)C1CCN(c2nc3cc(Cl)c(Cl)cc3n2-c2ccc(OC(F)(F)F)cc2)CC1. The van der Waals surface area contributed by atoms with Gasteiger partial charge >= 0.3 is 6.36 Å². The second-order valence-corrected chi connectivity index (χ2v) is 9.69. The van der Waals surface area contributed by atoms with Crippen LogP contribution in [0.5, 0.6) is 5.75 Å². The number of ether oxygens (including phenoxy) is 2. The molecule has 36 heavy (non-hydrogen) atoms. The van der Waals surface area contributed by atoms with Crippen molar-refractivity contribution in [3.63, 3.8) is 0 Å². The minimum absolute atomic E-state index is 0.0393. The van der Waals surface area contributed by atoms with Gasteiger partial charge in [0.25, 0.3) is 0 Å². The second kappa shape index (κ2) is 9.99. The third kappa shape index (κ3) is 5.35. The number of benzene rings is 2. The fourth-order valence-electron chi connectivity index (χ4n) is 4.63. The van der Waals surface area contributed by atoms with Crippen molar-refractivity contribution in [2.75, 3.05) is 31.2 Å². The minimum Gasteiger partial charge on any atom is -0.406 e. The Kier molecular flexibility index (Phi) is 6.93. The van der Waals surface area contributed by atoms with E-state index < -0.39 is 6.36 Å². The molecule has 2 aromatic carbocycles. The lowest BCUT2D eigenvalue weighted by atomic mass is 9.95. The zero-order valence-corrected chi connectivity index (χ0v) is 20.5. The summed E-state index contributed by atoms with van der Waals surface area (Å²) in [6.45, 7) is 2.38. The first-order valence-corrected chi connectivity index (χ1v) is 12.3. The molecule has 3 heterocycles. The van der Waals surface area contributed by atoms with Crippen molar-refractivity contribution in [1.82, 2.24) is 14.9 Å². The van der Waals surface area contributed by atoms with Crippen LogP contribution in [0.2, 0.25) is 10.0 Å². The predicted octanol–water partition coefficient (Wildman–Crippen LogP) is 5.35. The number of amides is 1. The molecule has 0 radical (unpaired) electrons. The average molecular weight is 543 g/mol. The molecule has 2 saturated heterocycles. The summed E-state index contributed by atoms with van der Waals surface area (Å²) in [5.41, 5.74) is 1.84. The van der Waals surface area contributed by atoms with E-state index in [1.165, 1.54) is 24.3 Å². The zero-order valence-electron chi connectivity index (χ0n) is 19.0. The van der Waals surface area contributed by atoms with Crippen LogP contribution in [-0.2, 0) is 9.53 Å². The summed E-state index contributed by atoms with van der Waals surface area (Å²) >= 11 is 12.5. The van der Waals surface area contributed by atoms with Gasteiger partial charge in [0.05, 0.1) is 33.7 Å². The van der Waals surface area contributed by atoms with Crippen LogP contribution in [0.15, 0.2) is 36.4 Å². The van der Waals surface area contributed by atoms with Crippen LogP contribution >= 0.6 is 23.2 Å². The number of fused-ring (bicyclic) bond motifs is 1. The zero-order chi connectivity index (χ0) is 25.4. The quantitative estimate of drug-likeness (QED) is 0.470. The monoisotopic (exact) mass is 542 g/mol. The van der Waals surface area contributed by atoms with E-state index in [9.17, 15) is 18.0 Å². The molecule has 0 spiro atoms. The van der Waals surface area contributed by atoms with Crippen molar-refractivity contribution in [2.24, 2.45) is 5.92 Å². The largest absolute Gasteiger partial charge is 0.573 e. The Bertz CT molecular complexity index is 1250. The molecule has 2 fully saturated rings. The van der Waals surface area contributed by atoms with Gasteiger partial charge in [0.15, 0.2) is 0 Å². The molecule has 1 N–H and O–H groups in total. The molecule has 2 aliphatic heterocycles. The molecule has 7 nitrogen and oxygen atoms in total. The van der Waals surface area contributed by atoms with Gasteiger partial charge in [-0.15, -0.1) is 13.2 Å². The average Bonchev–Trinajstić information content (AvgIpc) is 3.47. The summed E-state index contributed by atoms with van der Waals surface area (Å²) in [4.78, 5) is 19.5. The maximum Gasteiger partial charge on any atom is 0.573 e. The number of piperidine rings is 1. The molecule has 3 aromatic rings. The number of nitrogens with one attached hydrogen (secondary N) is 1. The summed E-state index contributed by atoms with van der Waals surface area (Å²) in [5, 5.41) is 3.75. The molecule has 5 rings (SSSR count). The number of carbonyl (C=O) groups excluding carboxylic acids is 1. The number of carbonyl (C=O) groups is 1. The number of alkyl halides is 3. The van der Waals surface area contributed by atoms with Crippen molar-refractivity contribution in [1.29, 1.82) is 0 Å². The van der Waals surface area contributed by atoms with E-state index in [1.807, 2.05) is 4.57 Å². The maximum atomic E-state index is 12.7. The summed E-state index contributed by atoms with van der Waals surface area (Å²) in [6, 6.07) is 8.96. The lowest BCUT2D eigenvalue weighted by molar-refractivity contribution is -0.274. The highest BCUT2D eigenvalue weighted by Crippen LogP contribution is 2.35. The molecule has 1 atom stereocenters. The van der Waals surface area contributed by atoms with Crippen molar-refractivity contribution >= 4 is 46.1 Å². The third-order valence-electron chi connectivity index (χ3n) is 6.43. The molecular weight excluding hydrogens is 520 g/mol. The highest BCUT2D eigenvalue weighted by atomic mass is 35.5. The predicted molar refractivity (Wildman–Crippen MR) is 130 cm³/mol. The molecule has 0 unspecified atom stereocenters. The Hall–Kier alpha value is -2.69. The van der Waals surface area contributed by atoms with Gasteiger partial charge in [0.2, 0.25) is 11.9 Å². The molecule has 0 aliphatic carbocycles. The Morgan fingerprint density at radius 2 is 1.78 bits per heavy atom. The van der Waals surface area contributed by atoms with Crippen molar-refractivity contribution in [3.05, 3.63) is 46.4 Å². The molecule has 12 heteroatoms. The fraction of sp³-hybridized carbons (Fsp3) is 0.417. The van der Waals surface area contributed by atoms with Gasteiger partial charge in [-0.05, 0) is 55.7 Å². The van der Waals surface area contributed by atoms with E-state index in [0.717, 1.165) is 6.42 Å². The van der Waals surface area contributed by atoms with Crippen LogP contribution in [0.4, 0.5) is 19.1 Å². The van der Waals surface area contributed by atoms with E-state index in [4.69, 9.17) is 32.9 Å². The number of aromatic nitrogens is 2. The number of anilines is 1. The number of hydrogen-bond acceptors (Lipinski definition) is 5. The third-order valence-corrected chi connectivity index (χ3v) is 7.15. The Labute approximate surface area is 215 Å². The highest BCUT2D eigenvalue weighted by Gasteiger charge is 2.32. The first kappa shape index (κ1) is 25.0. The topological polar surface area (TPSA) is 68.6 Å². The van der Waals surface area contributed by atoms with E-state index >= 15 is 0 Å². The van der Waals surface area contributed by atoms with Crippen molar-refractivity contribution < 1.29 is 27.4 Å². The van der Waals surface area contributed by atoms with Gasteiger partial charge in [-0.3, -0.25) is 9.36 Å². The molecule has 1 aromatic heterocycles. The number of nitrogens with zero attached hydrogens (tertiary/aromatic N) is 3. The van der Waals surface area contributed by atoms with Gasteiger partial charge in [0.1, 0.15) is 5.75 Å². The molecule has 0 saturated carbocycles. The number of imidazole rings is 1. The summed E-state index contributed by atoms with van der Waals surface area (Å²) in [6.07, 6.45) is -2.67. The van der Waals surface area contributed by atoms with E-state index in [2.05, 4.69) is 15.0 Å². The Morgan fingerprint density at radius 3 is 2.42 bits per heavy atom. The maximum absolute atomic E-state index is 12.7. The van der Waals surface area contributed by atoms with Crippen LogP contribution in [-0.4, -0.2) is 54.2 Å². The molecule has 2 aliphatic rings. The van der Waals surface area contributed by atoms with Crippen molar-refractivity contribution in [2.45, 2.75) is 31.7 Å².